The van der Waals surface area contributed by atoms with Gasteiger partial charge in [-0.25, -0.2) is 0 Å². The van der Waals surface area contributed by atoms with Crippen molar-refractivity contribution in [3.05, 3.63) is 0 Å². The Morgan fingerprint density at radius 2 is 1.43 bits per heavy atom. The Bertz CT molecular complexity index is 191. The first-order valence-corrected chi connectivity index (χ1v) is 2.87. The van der Waals surface area contributed by atoms with Gasteiger partial charge in [-0.1, -0.05) is 0 Å². The van der Waals surface area contributed by atoms with Crippen LogP contribution in [-0.2, 0) is 4.79 Å². The molecule has 1 atom stereocenters. The summed E-state index contributed by atoms with van der Waals surface area (Å²) >= 11 is 0. The highest BCUT2D eigenvalue weighted by Crippen LogP contribution is 2.36. The molecule has 0 saturated heterocycles. The van der Waals surface area contributed by atoms with Crippen molar-refractivity contribution in [3.8, 4) is 0 Å². The summed E-state index contributed by atoms with van der Waals surface area (Å²) in [6.07, 6.45) is -13.2. The zero-order valence-electron chi connectivity index (χ0n) is 6.25. The third kappa shape index (κ3) is 5.70. The summed E-state index contributed by atoms with van der Waals surface area (Å²) in [5.74, 6) is -3.60. The fraction of sp³-hybridized carbons (Fsp3) is 0.800. The largest absolute Gasteiger partial charge is 0.401 e. The lowest BCUT2D eigenvalue weighted by Gasteiger charge is -2.16. The monoisotopic (exact) mass is 232 g/mol. The van der Waals surface area contributed by atoms with Gasteiger partial charge in [-0.15, -0.1) is 0 Å². The lowest BCUT2D eigenvalue weighted by atomic mass is 10.1. The number of alkyl halides is 6. The van der Waals surface area contributed by atoms with E-state index < -0.39 is 30.7 Å². The fourth-order valence-electron chi connectivity index (χ4n) is 0.556. The number of carbonyl (C=O) groups excluding carboxylic acids is 1. The Hall–Kier alpha value is -0.890. The highest BCUT2D eigenvalue weighted by atomic mass is 19.4. The van der Waals surface area contributed by atoms with Crippen LogP contribution in [0.15, 0.2) is 0 Å². The fourth-order valence-corrected chi connectivity index (χ4v) is 0.556. The first-order chi connectivity index (χ1) is 5.54. The van der Waals surface area contributed by atoms with E-state index in [1.54, 1.807) is 0 Å². The van der Waals surface area contributed by atoms with Crippen LogP contribution in [0.25, 0.3) is 0 Å². The summed E-state index contributed by atoms with van der Waals surface area (Å²) in [4.78, 5) is 9.58. The second-order valence-corrected chi connectivity index (χ2v) is 2.22. The van der Waals surface area contributed by atoms with Gasteiger partial charge in [-0.3, -0.25) is 9.50 Å². The molecule has 0 aromatic carbocycles. The third-order valence-electron chi connectivity index (χ3n) is 1.10. The Morgan fingerprint density at radius 1 is 1.07 bits per heavy atom. The molecule has 0 fully saturated rings. The van der Waals surface area contributed by atoms with Gasteiger partial charge < -0.3 is 0 Å². The van der Waals surface area contributed by atoms with Crippen molar-refractivity contribution < 1.29 is 40.2 Å². The molecule has 0 heterocycles. The van der Waals surface area contributed by atoms with Crippen LogP contribution < -0.4 is 0 Å². The van der Waals surface area contributed by atoms with Crippen molar-refractivity contribution in [3.63, 3.8) is 0 Å². The van der Waals surface area contributed by atoms with Crippen molar-refractivity contribution in [2.24, 2.45) is 5.92 Å². The van der Waals surface area contributed by atoms with Gasteiger partial charge in [0.2, 0.25) is 0 Å². The van der Waals surface area contributed by atoms with Gasteiger partial charge in [0.25, 0.3) is 0 Å². The number of hydrogen-bond donors (Lipinski definition) is 0. The molecule has 0 spiro atoms. The molecule has 1 unspecified atom stereocenters. The number of rotatable bonds is 2. The van der Waals surface area contributed by atoms with Gasteiger partial charge in [0.05, 0.1) is 6.42 Å². The lowest BCUT2D eigenvalue weighted by Crippen LogP contribution is -2.33. The van der Waals surface area contributed by atoms with E-state index in [9.17, 15) is 35.5 Å². The summed E-state index contributed by atoms with van der Waals surface area (Å²) in [6.45, 7) is 0. The topological polar surface area (TPSA) is 17.1 Å². The van der Waals surface area contributed by atoms with Crippen molar-refractivity contribution >= 4 is 6.04 Å². The molecule has 0 aliphatic heterocycles. The molecule has 9 heteroatoms. The van der Waals surface area contributed by atoms with E-state index in [4.69, 9.17) is 0 Å². The first-order valence-electron chi connectivity index (χ1n) is 2.87. The molecule has 0 rings (SSSR count). The molecule has 1 nitrogen and oxygen atoms in total. The molecule has 0 N–H and O–H groups in total. The van der Waals surface area contributed by atoms with E-state index in [0.717, 1.165) is 0 Å². The molecule has 0 radical (unpaired) electrons. The summed E-state index contributed by atoms with van der Waals surface area (Å²) < 4.78 is 80.3. The Kier molecular flexibility index (Phi) is 5.07. The van der Waals surface area contributed by atoms with Gasteiger partial charge in [0.1, 0.15) is 0 Å². The summed E-state index contributed by atoms with van der Waals surface area (Å²) in [6, 6.07) is -3.02. The molecule has 0 aliphatic carbocycles. The first kappa shape index (κ1) is 15.6. The zero-order chi connectivity index (χ0) is 10.9. The predicted octanol–water partition coefficient (Wildman–Crippen LogP) is 2.77. The second kappa shape index (κ2) is 4.56. The van der Waals surface area contributed by atoms with Crippen LogP contribution in [0.2, 0.25) is 0 Å². The van der Waals surface area contributed by atoms with Gasteiger partial charge in [-0.05, 0) is 0 Å². The van der Waals surface area contributed by atoms with Gasteiger partial charge in [0, 0.05) is 0 Å². The standard InChI is InChI=1S/C5H3F7O.FH/c6-3(13)2(5(10,11)12)1-4(7,8)9;/h2H,1H2;1H. The molecule has 14 heavy (non-hydrogen) atoms. The van der Waals surface area contributed by atoms with E-state index in [1.165, 1.54) is 0 Å². The molecule has 0 bridgehead atoms. The van der Waals surface area contributed by atoms with E-state index >= 15 is 0 Å². The van der Waals surface area contributed by atoms with E-state index in [2.05, 4.69) is 0 Å². The maximum absolute atomic E-state index is 11.5. The van der Waals surface area contributed by atoms with Crippen LogP contribution in [0.1, 0.15) is 6.42 Å². The quantitative estimate of drug-likeness (QED) is 0.528. The van der Waals surface area contributed by atoms with E-state index in [1.807, 2.05) is 0 Å². The van der Waals surface area contributed by atoms with Crippen LogP contribution in [0.5, 0.6) is 0 Å². The van der Waals surface area contributed by atoms with Crippen molar-refractivity contribution in [1.82, 2.24) is 0 Å². The summed E-state index contributed by atoms with van der Waals surface area (Å²) in [5.41, 5.74) is 0. The highest BCUT2D eigenvalue weighted by Gasteiger charge is 2.51. The average Bonchev–Trinajstić information content (AvgIpc) is 1.77. The van der Waals surface area contributed by atoms with Crippen molar-refractivity contribution in [2.45, 2.75) is 18.8 Å². The molecule has 0 aromatic rings. The number of hydrogen-bond acceptors (Lipinski definition) is 1. The van der Waals surface area contributed by atoms with Crippen molar-refractivity contribution in [1.29, 1.82) is 0 Å². The number of halogens is 8. The minimum atomic E-state index is -5.50. The normalized spacial score (nSPS) is 14.5. The smallest absolute Gasteiger partial charge is 0.269 e. The van der Waals surface area contributed by atoms with Crippen LogP contribution >= 0.6 is 0 Å². The van der Waals surface area contributed by atoms with Gasteiger partial charge in [0.15, 0.2) is 5.92 Å². The predicted molar refractivity (Wildman–Crippen MR) is 28.8 cm³/mol. The molecule has 0 aromatic heterocycles. The summed E-state index contributed by atoms with van der Waals surface area (Å²) in [7, 11) is 0. The number of carbonyl (C=O) groups is 1. The molecule has 86 valence electrons. The SMILES string of the molecule is F.O=C(F)C(CC(F)(F)F)C(F)(F)F. The minimum Gasteiger partial charge on any atom is -0.269 e. The van der Waals surface area contributed by atoms with E-state index in [-0.39, 0.29) is 4.70 Å². The summed E-state index contributed by atoms with van der Waals surface area (Å²) in [5, 5.41) is 0. The van der Waals surface area contributed by atoms with Crippen molar-refractivity contribution in [2.75, 3.05) is 0 Å². The molecular weight excluding hydrogens is 228 g/mol. The maximum Gasteiger partial charge on any atom is 0.401 e. The lowest BCUT2D eigenvalue weighted by molar-refractivity contribution is -0.221. The minimum absolute atomic E-state index is 0. The molecule has 0 amide bonds. The zero-order valence-corrected chi connectivity index (χ0v) is 6.25. The van der Waals surface area contributed by atoms with E-state index in [0.29, 0.717) is 0 Å². The van der Waals surface area contributed by atoms with Gasteiger partial charge in [-0.2, -0.15) is 30.7 Å². The third-order valence-corrected chi connectivity index (χ3v) is 1.10. The Balaban J connectivity index is 0. The van der Waals surface area contributed by atoms with Crippen LogP contribution in [0.4, 0.5) is 35.4 Å². The molecule has 0 aliphatic rings. The van der Waals surface area contributed by atoms with Gasteiger partial charge >= 0.3 is 18.4 Å². The Morgan fingerprint density at radius 3 is 1.50 bits per heavy atom. The maximum atomic E-state index is 11.5. The Labute approximate surface area is 72.2 Å². The average molecular weight is 232 g/mol. The molecular formula is C5H4F8O. The highest BCUT2D eigenvalue weighted by molar-refractivity contribution is 5.71. The molecule has 0 saturated carbocycles. The second-order valence-electron chi connectivity index (χ2n) is 2.22. The van der Waals surface area contributed by atoms with Crippen LogP contribution in [-0.4, -0.2) is 18.4 Å². The van der Waals surface area contributed by atoms with Crippen LogP contribution in [0, 0.1) is 5.92 Å². The van der Waals surface area contributed by atoms with Crippen LogP contribution in [0.3, 0.4) is 0 Å².